The SMILES string of the molecule is C.Cc1ccc(Cn2cc(C(=O)O)nn2)cc1. The maximum Gasteiger partial charge on any atom is 0.358 e. The first-order valence-corrected chi connectivity index (χ1v) is 4.84. The van der Waals surface area contributed by atoms with Crippen LogP contribution < -0.4 is 0 Å². The van der Waals surface area contributed by atoms with Gasteiger partial charge in [0.25, 0.3) is 0 Å². The zero-order valence-electron chi connectivity index (χ0n) is 8.79. The van der Waals surface area contributed by atoms with Crippen LogP contribution in [0.4, 0.5) is 0 Å². The first-order chi connectivity index (χ1) is 7.65. The lowest BCUT2D eigenvalue weighted by molar-refractivity contribution is 0.0690. The third kappa shape index (κ3) is 3.14. The summed E-state index contributed by atoms with van der Waals surface area (Å²) >= 11 is 0. The normalized spacial score (nSPS) is 9.71. The molecule has 0 amide bonds. The molecule has 0 aliphatic carbocycles. The summed E-state index contributed by atoms with van der Waals surface area (Å²) in [4.78, 5) is 10.6. The fourth-order valence-electron chi connectivity index (χ4n) is 1.35. The second-order valence-corrected chi connectivity index (χ2v) is 3.59. The first-order valence-electron chi connectivity index (χ1n) is 4.84. The largest absolute Gasteiger partial charge is 0.476 e. The molecule has 1 N–H and O–H groups in total. The van der Waals surface area contributed by atoms with Crippen LogP contribution in [0.25, 0.3) is 0 Å². The fourth-order valence-corrected chi connectivity index (χ4v) is 1.35. The van der Waals surface area contributed by atoms with Gasteiger partial charge in [0.2, 0.25) is 0 Å². The molecule has 0 atom stereocenters. The molecule has 1 aromatic heterocycles. The summed E-state index contributed by atoms with van der Waals surface area (Å²) in [5.41, 5.74) is 2.22. The molecular weight excluding hydrogens is 218 g/mol. The molecule has 0 fully saturated rings. The van der Waals surface area contributed by atoms with Crippen LogP contribution in [-0.4, -0.2) is 26.1 Å². The topological polar surface area (TPSA) is 68.0 Å². The van der Waals surface area contributed by atoms with E-state index in [0.717, 1.165) is 5.56 Å². The Morgan fingerprint density at radius 2 is 2.00 bits per heavy atom. The number of aromatic carboxylic acids is 1. The second-order valence-electron chi connectivity index (χ2n) is 3.59. The van der Waals surface area contributed by atoms with Crippen LogP contribution in [0.3, 0.4) is 0 Å². The van der Waals surface area contributed by atoms with E-state index in [1.54, 1.807) is 0 Å². The van der Waals surface area contributed by atoms with Crippen LogP contribution in [0.5, 0.6) is 0 Å². The van der Waals surface area contributed by atoms with E-state index in [-0.39, 0.29) is 13.1 Å². The van der Waals surface area contributed by atoms with Crippen molar-refractivity contribution in [1.29, 1.82) is 0 Å². The van der Waals surface area contributed by atoms with E-state index < -0.39 is 5.97 Å². The minimum Gasteiger partial charge on any atom is -0.476 e. The lowest BCUT2D eigenvalue weighted by Crippen LogP contribution is -2.00. The number of carbonyl (C=O) groups is 1. The van der Waals surface area contributed by atoms with Gasteiger partial charge in [0.1, 0.15) is 0 Å². The van der Waals surface area contributed by atoms with Crippen molar-refractivity contribution in [3.63, 3.8) is 0 Å². The Morgan fingerprint density at radius 1 is 1.35 bits per heavy atom. The molecular formula is C12H15N3O2. The van der Waals surface area contributed by atoms with E-state index >= 15 is 0 Å². The average molecular weight is 233 g/mol. The number of carboxylic acids is 1. The monoisotopic (exact) mass is 233 g/mol. The third-order valence-electron chi connectivity index (χ3n) is 2.22. The van der Waals surface area contributed by atoms with Crippen LogP contribution in [0, 0.1) is 6.92 Å². The Balaban J connectivity index is 0.00000144. The molecule has 5 nitrogen and oxygen atoms in total. The second kappa shape index (κ2) is 5.25. The van der Waals surface area contributed by atoms with E-state index in [0.29, 0.717) is 6.54 Å². The van der Waals surface area contributed by atoms with Gasteiger partial charge in [-0.05, 0) is 12.5 Å². The van der Waals surface area contributed by atoms with Crippen molar-refractivity contribution in [2.24, 2.45) is 0 Å². The molecule has 0 aliphatic rings. The van der Waals surface area contributed by atoms with Crippen molar-refractivity contribution >= 4 is 5.97 Å². The predicted octanol–water partition coefficient (Wildman–Crippen LogP) is 1.97. The van der Waals surface area contributed by atoms with Crippen LogP contribution in [0.2, 0.25) is 0 Å². The summed E-state index contributed by atoms with van der Waals surface area (Å²) in [6, 6.07) is 7.98. The maximum atomic E-state index is 10.6. The van der Waals surface area contributed by atoms with E-state index in [9.17, 15) is 4.79 Å². The molecule has 0 spiro atoms. The summed E-state index contributed by atoms with van der Waals surface area (Å²) < 4.78 is 1.51. The lowest BCUT2D eigenvalue weighted by atomic mass is 10.1. The van der Waals surface area contributed by atoms with E-state index in [4.69, 9.17) is 5.11 Å². The highest BCUT2D eigenvalue weighted by molar-refractivity contribution is 5.84. The zero-order chi connectivity index (χ0) is 11.5. The van der Waals surface area contributed by atoms with E-state index in [1.807, 2.05) is 31.2 Å². The summed E-state index contributed by atoms with van der Waals surface area (Å²) in [6.45, 7) is 2.54. The molecule has 0 saturated heterocycles. The number of benzene rings is 1. The van der Waals surface area contributed by atoms with Gasteiger partial charge >= 0.3 is 5.97 Å². The molecule has 2 rings (SSSR count). The van der Waals surface area contributed by atoms with Gasteiger partial charge in [0.05, 0.1) is 12.7 Å². The van der Waals surface area contributed by atoms with Crippen LogP contribution in [0.15, 0.2) is 30.5 Å². The minimum atomic E-state index is -1.06. The van der Waals surface area contributed by atoms with Crippen LogP contribution >= 0.6 is 0 Å². The Kier molecular flexibility index (Phi) is 3.98. The molecule has 1 heterocycles. The van der Waals surface area contributed by atoms with Crippen LogP contribution in [0.1, 0.15) is 29.0 Å². The number of rotatable bonds is 3. The van der Waals surface area contributed by atoms with Crippen molar-refractivity contribution in [1.82, 2.24) is 15.0 Å². The van der Waals surface area contributed by atoms with Crippen LogP contribution in [-0.2, 0) is 6.54 Å². The van der Waals surface area contributed by atoms with Crippen molar-refractivity contribution in [2.75, 3.05) is 0 Å². The molecule has 1 aromatic carbocycles. The maximum absolute atomic E-state index is 10.6. The number of hydrogen-bond acceptors (Lipinski definition) is 3. The molecule has 0 radical (unpaired) electrons. The van der Waals surface area contributed by atoms with Gasteiger partial charge in [0.15, 0.2) is 5.69 Å². The van der Waals surface area contributed by atoms with Crippen molar-refractivity contribution in [3.8, 4) is 0 Å². The highest BCUT2D eigenvalue weighted by atomic mass is 16.4. The molecule has 17 heavy (non-hydrogen) atoms. The first kappa shape index (κ1) is 12.9. The number of carboxylic acid groups (broad SMARTS) is 1. The van der Waals surface area contributed by atoms with Gasteiger partial charge in [-0.2, -0.15) is 0 Å². The number of aromatic nitrogens is 3. The Labute approximate surface area is 99.7 Å². The van der Waals surface area contributed by atoms with Gasteiger partial charge in [0, 0.05) is 0 Å². The molecule has 0 saturated carbocycles. The highest BCUT2D eigenvalue weighted by Crippen LogP contribution is 2.05. The van der Waals surface area contributed by atoms with Crippen molar-refractivity contribution in [3.05, 3.63) is 47.3 Å². The smallest absolute Gasteiger partial charge is 0.358 e. The molecule has 0 aliphatic heterocycles. The third-order valence-corrected chi connectivity index (χ3v) is 2.22. The molecule has 5 heteroatoms. The number of nitrogens with zero attached hydrogens (tertiary/aromatic N) is 3. The summed E-state index contributed by atoms with van der Waals surface area (Å²) in [7, 11) is 0. The number of aryl methyl sites for hydroxylation is 1. The summed E-state index contributed by atoms with van der Waals surface area (Å²) in [6.07, 6.45) is 1.42. The lowest BCUT2D eigenvalue weighted by Gasteiger charge is -2.00. The summed E-state index contributed by atoms with van der Waals surface area (Å²) in [5.74, 6) is -1.06. The van der Waals surface area contributed by atoms with Gasteiger partial charge in [-0.25, -0.2) is 9.48 Å². The Morgan fingerprint density at radius 3 is 2.53 bits per heavy atom. The van der Waals surface area contributed by atoms with Gasteiger partial charge in [-0.3, -0.25) is 0 Å². The minimum absolute atomic E-state index is 0. The fraction of sp³-hybridized carbons (Fsp3) is 0.250. The molecule has 90 valence electrons. The quantitative estimate of drug-likeness (QED) is 0.880. The Bertz CT molecular complexity index is 503. The predicted molar refractivity (Wildman–Crippen MR) is 64.0 cm³/mol. The highest BCUT2D eigenvalue weighted by Gasteiger charge is 2.07. The Hall–Kier alpha value is -2.17. The summed E-state index contributed by atoms with van der Waals surface area (Å²) in [5, 5.41) is 16.0. The zero-order valence-corrected chi connectivity index (χ0v) is 8.79. The van der Waals surface area contributed by atoms with Gasteiger partial charge < -0.3 is 5.11 Å². The van der Waals surface area contributed by atoms with E-state index in [1.165, 1.54) is 16.4 Å². The van der Waals surface area contributed by atoms with Gasteiger partial charge in [-0.15, -0.1) is 5.10 Å². The van der Waals surface area contributed by atoms with Crippen molar-refractivity contribution < 1.29 is 9.90 Å². The molecule has 2 aromatic rings. The van der Waals surface area contributed by atoms with E-state index in [2.05, 4.69) is 10.3 Å². The van der Waals surface area contributed by atoms with Crippen molar-refractivity contribution in [2.45, 2.75) is 20.9 Å². The standard InChI is InChI=1S/C11H11N3O2.CH4/c1-8-2-4-9(5-3-8)6-14-7-10(11(15)16)12-13-14;/h2-5,7H,6H2,1H3,(H,15,16);1H4. The molecule has 0 bridgehead atoms. The van der Waals surface area contributed by atoms with Gasteiger partial charge in [-0.1, -0.05) is 42.5 Å². The number of hydrogen-bond donors (Lipinski definition) is 1. The average Bonchev–Trinajstić information content (AvgIpc) is 2.70. The molecule has 0 unspecified atom stereocenters.